The maximum Gasteiger partial charge on any atom is 0.223 e. The SMILES string of the molecule is NC(=O)[C@@H](CNc1cc(Cl)nc(N)n1)Cc1ccc(F)cc1. The number of amides is 1. The number of rotatable bonds is 6. The molecule has 1 aromatic carbocycles. The summed E-state index contributed by atoms with van der Waals surface area (Å²) < 4.78 is 12.9. The predicted molar refractivity (Wildman–Crippen MR) is 82.7 cm³/mol. The van der Waals surface area contributed by atoms with Crippen LogP contribution in [0.2, 0.25) is 5.15 Å². The van der Waals surface area contributed by atoms with Crippen LogP contribution in [-0.4, -0.2) is 22.4 Å². The summed E-state index contributed by atoms with van der Waals surface area (Å²) in [5.74, 6) is -0.846. The van der Waals surface area contributed by atoms with E-state index in [-0.39, 0.29) is 23.5 Å². The molecule has 2 rings (SSSR count). The topological polar surface area (TPSA) is 107 Å². The third-order valence-corrected chi connectivity index (χ3v) is 3.23. The van der Waals surface area contributed by atoms with Crippen LogP contribution in [0.4, 0.5) is 16.2 Å². The van der Waals surface area contributed by atoms with E-state index in [1.54, 1.807) is 12.1 Å². The van der Waals surface area contributed by atoms with Crippen LogP contribution in [0.3, 0.4) is 0 Å². The second-order valence-corrected chi connectivity index (χ2v) is 5.13. The third-order valence-electron chi connectivity index (χ3n) is 3.04. The van der Waals surface area contributed by atoms with Crippen molar-refractivity contribution in [1.82, 2.24) is 9.97 Å². The Labute approximate surface area is 131 Å². The Morgan fingerprint density at radius 2 is 2.00 bits per heavy atom. The number of benzene rings is 1. The molecule has 0 radical (unpaired) electrons. The number of hydrogen-bond acceptors (Lipinski definition) is 5. The van der Waals surface area contributed by atoms with Crippen molar-refractivity contribution in [2.75, 3.05) is 17.6 Å². The van der Waals surface area contributed by atoms with Crippen LogP contribution < -0.4 is 16.8 Å². The molecular weight excluding hydrogens is 309 g/mol. The van der Waals surface area contributed by atoms with E-state index in [4.69, 9.17) is 23.1 Å². The molecule has 1 atom stereocenters. The molecule has 6 nitrogen and oxygen atoms in total. The Hall–Kier alpha value is -2.41. The molecule has 0 fully saturated rings. The predicted octanol–water partition coefficient (Wildman–Crippen LogP) is 1.61. The van der Waals surface area contributed by atoms with E-state index in [1.807, 2.05) is 0 Å². The summed E-state index contributed by atoms with van der Waals surface area (Å²) in [6.45, 7) is 0.249. The lowest BCUT2D eigenvalue weighted by molar-refractivity contribution is -0.121. The molecule has 5 N–H and O–H groups in total. The molecule has 0 saturated carbocycles. The van der Waals surface area contributed by atoms with Crippen molar-refractivity contribution >= 4 is 29.3 Å². The Kier molecular flexibility index (Phi) is 5.11. The van der Waals surface area contributed by atoms with Crippen LogP contribution in [0, 0.1) is 11.7 Å². The van der Waals surface area contributed by atoms with E-state index >= 15 is 0 Å². The number of nitrogens with two attached hydrogens (primary N) is 2. The maximum atomic E-state index is 12.9. The number of carbonyl (C=O) groups is 1. The van der Waals surface area contributed by atoms with E-state index in [9.17, 15) is 9.18 Å². The second kappa shape index (κ2) is 7.04. The van der Waals surface area contributed by atoms with Crippen LogP contribution in [-0.2, 0) is 11.2 Å². The highest BCUT2D eigenvalue weighted by Gasteiger charge is 2.16. The van der Waals surface area contributed by atoms with Crippen molar-refractivity contribution in [3.05, 3.63) is 46.9 Å². The van der Waals surface area contributed by atoms with Crippen LogP contribution in [0.1, 0.15) is 5.56 Å². The summed E-state index contributed by atoms with van der Waals surface area (Å²) in [4.78, 5) is 19.2. The first-order valence-corrected chi connectivity index (χ1v) is 6.89. The molecule has 0 aliphatic heterocycles. The lowest BCUT2D eigenvalue weighted by Gasteiger charge is -2.15. The standard InChI is InChI=1S/C14H15ClFN5O/c15-11-6-12(21-14(18)20-11)19-7-9(13(17)22)5-8-1-3-10(16)4-2-8/h1-4,6,9H,5,7H2,(H2,17,22)(H3,18,19,20,21)/t9-/m1/s1. The molecule has 0 spiro atoms. The van der Waals surface area contributed by atoms with Gasteiger partial charge in [0.1, 0.15) is 16.8 Å². The first-order valence-electron chi connectivity index (χ1n) is 6.51. The number of carbonyl (C=O) groups excluding carboxylic acids is 1. The first-order chi connectivity index (χ1) is 10.4. The molecule has 1 heterocycles. The first kappa shape index (κ1) is 16.0. The van der Waals surface area contributed by atoms with Crippen molar-refractivity contribution in [2.45, 2.75) is 6.42 Å². The average molecular weight is 324 g/mol. The fourth-order valence-corrected chi connectivity index (χ4v) is 2.12. The van der Waals surface area contributed by atoms with Crippen molar-refractivity contribution in [2.24, 2.45) is 11.7 Å². The molecule has 2 aromatic rings. The minimum absolute atomic E-state index is 0.0316. The molecule has 1 aromatic heterocycles. The normalized spacial score (nSPS) is 11.9. The molecule has 22 heavy (non-hydrogen) atoms. The number of hydrogen-bond donors (Lipinski definition) is 3. The van der Waals surface area contributed by atoms with Gasteiger partial charge in [-0.3, -0.25) is 4.79 Å². The highest BCUT2D eigenvalue weighted by Crippen LogP contribution is 2.15. The third kappa shape index (κ3) is 4.56. The lowest BCUT2D eigenvalue weighted by atomic mass is 9.98. The van der Waals surface area contributed by atoms with E-state index < -0.39 is 11.8 Å². The zero-order chi connectivity index (χ0) is 16.1. The van der Waals surface area contributed by atoms with E-state index in [2.05, 4.69) is 15.3 Å². The van der Waals surface area contributed by atoms with Gasteiger partial charge in [-0.15, -0.1) is 0 Å². The highest BCUT2D eigenvalue weighted by molar-refractivity contribution is 6.29. The average Bonchev–Trinajstić information content (AvgIpc) is 2.44. The van der Waals surface area contributed by atoms with Crippen LogP contribution in [0.15, 0.2) is 30.3 Å². The number of nitrogens with zero attached hydrogens (tertiary/aromatic N) is 2. The van der Waals surface area contributed by atoms with Gasteiger partial charge in [0.2, 0.25) is 11.9 Å². The molecule has 8 heteroatoms. The van der Waals surface area contributed by atoms with Crippen molar-refractivity contribution < 1.29 is 9.18 Å². The highest BCUT2D eigenvalue weighted by atomic mass is 35.5. The van der Waals surface area contributed by atoms with Gasteiger partial charge in [-0.05, 0) is 24.1 Å². The summed E-state index contributed by atoms with van der Waals surface area (Å²) in [7, 11) is 0. The molecular formula is C14H15ClFN5O. The minimum Gasteiger partial charge on any atom is -0.369 e. The van der Waals surface area contributed by atoms with Crippen LogP contribution in [0.25, 0.3) is 0 Å². The summed E-state index contributed by atoms with van der Waals surface area (Å²) in [5.41, 5.74) is 11.7. The van der Waals surface area contributed by atoms with Gasteiger partial charge in [-0.1, -0.05) is 23.7 Å². The zero-order valence-corrected chi connectivity index (χ0v) is 12.3. The Balaban J connectivity index is 2.02. The number of nitrogens with one attached hydrogen (secondary N) is 1. The number of halogens is 2. The van der Waals surface area contributed by atoms with Crippen molar-refractivity contribution in [3.63, 3.8) is 0 Å². The van der Waals surface area contributed by atoms with E-state index in [1.165, 1.54) is 18.2 Å². The molecule has 0 bridgehead atoms. The molecule has 116 valence electrons. The molecule has 0 unspecified atom stereocenters. The van der Waals surface area contributed by atoms with Gasteiger partial charge in [0.05, 0.1) is 5.92 Å². The van der Waals surface area contributed by atoms with Gasteiger partial charge in [-0.2, -0.15) is 4.98 Å². The fraction of sp³-hybridized carbons (Fsp3) is 0.214. The number of primary amides is 1. The summed E-state index contributed by atoms with van der Waals surface area (Å²) in [6, 6.07) is 7.40. The number of aromatic nitrogens is 2. The monoisotopic (exact) mass is 323 g/mol. The molecule has 0 aliphatic rings. The van der Waals surface area contributed by atoms with Gasteiger partial charge in [-0.25, -0.2) is 9.37 Å². The zero-order valence-electron chi connectivity index (χ0n) is 11.6. The van der Waals surface area contributed by atoms with E-state index in [0.29, 0.717) is 12.2 Å². The van der Waals surface area contributed by atoms with Gasteiger partial charge < -0.3 is 16.8 Å². The van der Waals surface area contributed by atoms with Crippen molar-refractivity contribution in [3.8, 4) is 0 Å². The Morgan fingerprint density at radius 3 is 2.59 bits per heavy atom. The smallest absolute Gasteiger partial charge is 0.223 e. The van der Waals surface area contributed by atoms with Gasteiger partial charge in [0.15, 0.2) is 0 Å². The quantitative estimate of drug-likeness (QED) is 0.700. The largest absolute Gasteiger partial charge is 0.369 e. The summed E-state index contributed by atoms with van der Waals surface area (Å²) >= 11 is 5.77. The van der Waals surface area contributed by atoms with Gasteiger partial charge in [0.25, 0.3) is 0 Å². The summed E-state index contributed by atoms with van der Waals surface area (Å²) in [5, 5.41) is 3.15. The van der Waals surface area contributed by atoms with Crippen LogP contribution in [0.5, 0.6) is 0 Å². The molecule has 0 aliphatic carbocycles. The van der Waals surface area contributed by atoms with Gasteiger partial charge in [0, 0.05) is 12.6 Å². The fourth-order valence-electron chi connectivity index (χ4n) is 1.93. The Bertz CT molecular complexity index is 645. The number of anilines is 2. The summed E-state index contributed by atoms with van der Waals surface area (Å²) in [6.07, 6.45) is 0.386. The molecule has 0 saturated heterocycles. The minimum atomic E-state index is -0.486. The second-order valence-electron chi connectivity index (χ2n) is 4.74. The van der Waals surface area contributed by atoms with Crippen LogP contribution >= 0.6 is 11.6 Å². The maximum absolute atomic E-state index is 12.9. The molecule has 1 amide bonds. The number of nitrogen functional groups attached to an aromatic ring is 1. The van der Waals surface area contributed by atoms with Crippen molar-refractivity contribution in [1.29, 1.82) is 0 Å². The van der Waals surface area contributed by atoms with Gasteiger partial charge >= 0.3 is 0 Å². The lowest BCUT2D eigenvalue weighted by Crippen LogP contribution is -2.31. The van der Waals surface area contributed by atoms with E-state index in [0.717, 1.165) is 5.56 Å². The Morgan fingerprint density at radius 1 is 1.32 bits per heavy atom.